The van der Waals surface area contributed by atoms with Crippen LogP contribution in [0.5, 0.6) is 0 Å². The van der Waals surface area contributed by atoms with E-state index in [9.17, 15) is 9.90 Å². The first-order valence-corrected chi connectivity index (χ1v) is 4.88. The Bertz CT molecular complexity index is 190. The summed E-state index contributed by atoms with van der Waals surface area (Å²) in [5, 5.41) is 12.1. The molecule has 3 nitrogen and oxygen atoms in total. The molecular weight excluding hydrogens is 166 g/mol. The van der Waals surface area contributed by atoms with Crippen LogP contribution in [0.3, 0.4) is 0 Å². The Balaban J connectivity index is 2.19. The van der Waals surface area contributed by atoms with Gasteiger partial charge in [-0.1, -0.05) is 6.92 Å². The summed E-state index contributed by atoms with van der Waals surface area (Å²) in [5.41, 5.74) is -0.801. The third-order valence-corrected chi connectivity index (χ3v) is 2.44. The highest BCUT2D eigenvalue weighted by atomic mass is 16.3. The fourth-order valence-electron chi connectivity index (χ4n) is 1.56. The first kappa shape index (κ1) is 10.5. The second-order valence-electron chi connectivity index (χ2n) is 4.80. The van der Waals surface area contributed by atoms with E-state index in [4.69, 9.17) is 0 Å². The number of hydrogen-bond acceptors (Lipinski definition) is 2. The van der Waals surface area contributed by atoms with Crippen molar-refractivity contribution < 1.29 is 9.90 Å². The van der Waals surface area contributed by atoms with Gasteiger partial charge in [0.2, 0.25) is 5.91 Å². The van der Waals surface area contributed by atoms with E-state index in [1.807, 2.05) is 0 Å². The van der Waals surface area contributed by atoms with Gasteiger partial charge in [0.05, 0.1) is 5.60 Å². The monoisotopic (exact) mass is 185 g/mol. The van der Waals surface area contributed by atoms with Gasteiger partial charge in [-0.15, -0.1) is 0 Å². The van der Waals surface area contributed by atoms with E-state index >= 15 is 0 Å². The van der Waals surface area contributed by atoms with Crippen LogP contribution in [0, 0.1) is 11.8 Å². The van der Waals surface area contributed by atoms with Gasteiger partial charge in [0.15, 0.2) is 0 Å². The van der Waals surface area contributed by atoms with Gasteiger partial charge in [-0.25, -0.2) is 0 Å². The molecule has 0 saturated heterocycles. The normalized spacial score (nSPS) is 28.0. The van der Waals surface area contributed by atoms with Gasteiger partial charge in [-0.3, -0.25) is 4.79 Å². The van der Waals surface area contributed by atoms with Crippen LogP contribution in [-0.4, -0.2) is 23.2 Å². The first-order valence-electron chi connectivity index (χ1n) is 4.88. The largest absolute Gasteiger partial charge is 0.389 e. The highest BCUT2D eigenvalue weighted by Crippen LogP contribution is 2.32. The lowest BCUT2D eigenvalue weighted by Gasteiger charge is -2.32. The van der Waals surface area contributed by atoms with Gasteiger partial charge in [-0.05, 0) is 32.6 Å². The molecule has 0 aromatic heterocycles. The minimum atomic E-state index is -0.801. The Labute approximate surface area is 79.5 Å². The minimum Gasteiger partial charge on any atom is -0.389 e. The number of aliphatic hydroxyl groups is 1. The van der Waals surface area contributed by atoms with Crippen molar-refractivity contribution in [2.75, 3.05) is 6.54 Å². The van der Waals surface area contributed by atoms with Crippen LogP contribution < -0.4 is 5.32 Å². The fraction of sp³-hybridized carbons (Fsp3) is 0.900. The molecule has 13 heavy (non-hydrogen) atoms. The van der Waals surface area contributed by atoms with Crippen molar-refractivity contribution in [3.8, 4) is 0 Å². The van der Waals surface area contributed by atoms with Crippen molar-refractivity contribution in [1.29, 1.82) is 0 Å². The maximum atomic E-state index is 11.4. The Morgan fingerprint density at radius 1 is 1.54 bits per heavy atom. The SMILES string of the molecule is CC1CC(C(=O)NCC(C)(C)O)C1. The molecule has 0 aliphatic heterocycles. The van der Waals surface area contributed by atoms with E-state index in [2.05, 4.69) is 12.2 Å². The van der Waals surface area contributed by atoms with Crippen LogP contribution in [0.4, 0.5) is 0 Å². The average Bonchev–Trinajstić information content (AvgIpc) is 1.93. The molecule has 0 unspecified atom stereocenters. The van der Waals surface area contributed by atoms with Crippen LogP contribution in [0.15, 0.2) is 0 Å². The fourth-order valence-corrected chi connectivity index (χ4v) is 1.56. The van der Waals surface area contributed by atoms with Crippen LogP contribution in [0.2, 0.25) is 0 Å². The predicted molar refractivity (Wildman–Crippen MR) is 51.2 cm³/mol. The van der Waals surface area contributed by atoms with Crippen molar-refractivity contribution in [2.45, 2.75) is 39.2 Å². The summed E-state index contributed by atoms with van der Waals surface area (Å²) < 4.78 is 0. The Morgan fingerprint density at radius 3 is 2.46 bits per heavy atom. The van der Waals surface area contributed by atoms with Crippen LogP contribution in [-0.2, 0) is 4.79 Å². The van der Waals surface area contributed by atoms with Gasteiger partial charge in [-0.2, -0.15) is 0 Å². The Hall–Kier alpha value is -0.570. The molecule has 1 amide bonds. The highest BCUT2D eigenvalue weighted by molar-refractivity contribution is 5.79. The first-order chi connectivity index (χ1) is 5.88. The molecule has 0 heterocycles. The summed E-state index contributed by atoms with van der Waals surface area (Å²) in [5.74, 6) is 0.982. The van der Waals surface area contributed by atoms with Crippen molar-refractivity contribution in [2.24, 2.45) is 11.8 Å². The molecule has 1 aliphatic rings. The second-order valence-corrected chi connectivity index (χ2v) is 4.80. The van der Waals surface area contributed by atoms with E-state index in [1.165, 1.54) is 0 Å². The number of amides is 1. The van der Waals surface area contributed by atoms with E-state index in [1.54, 1.807) is 13.8 Å². The van der Waals surface area contributed by atoms with E-state index in [0.717, 1.165) is 12.8 Å². The molecule has 0 aromatic carbocycles. The lowest BCUT2D eigenvalue weighted by atomic mass is 9.75. The molecular formula is C10H19NO2. The zero-order valence-corrected chi connectivity index (χ0v) is 8.63. The van der Waals surface area contributed by atoms with Gasteiger partial charge in [0.1, 0.15) is 0 Å². The number of nitrogens with one attached hydrogen (secondary N) is 1. The molecule has 3 heteroatoms. The summed E-state index contributed by atoms with van der Waals surface area (Å²) in [7, 11) is 0. The summed E-state index contributed by atoms with van der Waals surface area (Å²) >= 11 is 0. The Morgan fingerprint density at radius 2 is 2.08 bits per heavy atom. The molecule has 0 aromatic rings. The molecule has 1 saturated carbocycles. The predicted octanol–water partition coefficient (Wildman–Crippen LogP) is 0.920. The molecule has 2 N–H and O–H groups in total. The van der Waals surface area contributed by atoms with Crippen molar-refractivity contribution in [3.05, 3.63) is 0 Å². The van der Waals surface area contributed by atoms with Crippen molar-refractivity contribution in [1.82, 2.24) is 5.32 Å². The van der Waals surface area contributed by atoms with Crippen LogP contribution in [0.1, 0.15) is 33.6 Å². The molecule has 1 fully saturated rings. The summed E-state index contributed by atoms with van der Waals surface area (Å²) in [6, 6.07) is 0. The second kappa shape index (κ2) is 3.66. The molecule has 0 atom stereocenters. The number of hydrogen-bond donors (Lipinski definition) is 2. The maximum Gasteiger partial charge on any atom is 0.223 e. The average molecular weight is 185 g/mol. The third-order valence-electron chi connectivity index (χ3n) is 2.44. The van der Waals surface area contributed by atoms with Crippen LogP contribution in [0.25, 0.3) is 0 Å². The summed E-state index contributed by atoms with van der Waals surface area (Å²) in [4.78, 5) is 11.4. The topological polar surface area (TPSA) is 49.3 Å². The van der Waals surface area contributed by atoms with Crippen LogP contribution >= 0.6 is 0 Å². The zero-order valence-electron chi connectivity index (χ0n) is 8.63. The quantitative estimate of drug-likeness (QED) is 0.687. The summed E-state index contributed by atoms with van der Waals surface area (Å²) in [6.45, 7) is 5.88. The van der Waals surface area contributed by atoms with Gasteiger partial charge in [0, 0.05) is 12.5 Å². The lowest BCUT2D eigenvalue weighted by molar-refractivity contribution is -0.129. The van der Waals surface area contributed by atoms with Gasteiger partial charge < -0.3 is 10.4 Å². The number of carbonyl (C=O) groups is 1. The molecule has 1 aliphatic carbocycles. The van der Waals surface area contributed by atoms with Crippen molar-refractivity contribution in [3.63, 3.8) is 0 Å². The molecule has 0 spiro atoms. The van der Waals surface area contributed by atoms with E-state index in [-0.39, 0.29) is 11.8 Å². The molecule has 76 valence electrons. The summed E-state index contributed by atoms with van der Waals surface area (Å²) in [6.07, 6.45) is 2.00. The van der Waals surface area contributed by atoms with E-state index in [0.29, 0.717) is 12.5 Å². The Kier molecular flexibility index (Phi) is 2.96. The van der Waals surface area contributed by atoms with Gasteiger partial charge in [0.25, 0.3) is 0 Å². The molecule has 1 rings (SSSR count). The lowest BCUT2D eigenvalue weighted by Crippen LogP contribution is -2.44. The highest BCUT2D eigenvalue weighted by Gasteiger charge is 2.31. The molecule has 0 bridgehead atoms. The molecule has 0 radical (unpaired) electrons. The minimum absolute atomic E-state index is 0.0974. The van der Waals surface area contributed by atoms with Crippen molar-refractivity contribution >= 4 is 5.91 Å². The smallest absolute Gasteiger partial charge is 0.223 e. The third kappa shape index (κ3) is 3.35. The standard InChI is InChI=1S/C10H19NO2/c1-7-4-8(5-7)9(12)11-6-10(2,3)13/h7-8,13H,4-6H2,1-3H3,(H,11,12). The number of carbonyl (C=O) groups excluding carboxylic acids is 1. The zero-order chi connectivity index (χ0) is 10.1. The van der Waals surface area contributed by atoms with E-state index < -0.39 is 5.60 Å². The van der Waals surface area contributed by atoms with Gasteiger partial charge >= 0.3 is 0 Å². The number of rotatable bonds is 3. The maximum absolute atomic E-state index is 11.4.